The zero-order valence-corrected chi connectivity index (χ0v) is 15.6. The molecule has 0 spiro atoms. The van der Waals surface area contributed by atoms with E-state index in [1.165, 1.54) is 0 Å². The van der Waals surface area contributed by atoms with Crippen LogP contribution >= 0.6 is 23.2 Å². The normalized spacial score (nSPS) is 11.4. The van der Waals surface area contributed by atoms with Crippen LogP contribution in [0.5, 0.6) is 0 Å². The van der Waals surface area contributed by atoms with E-state index >= 15 is 0 Å². The minimum absolute atomic E-state index is 0.0350. The molecule has 1 aromatic heterocycles. The predicted octanol–water partition coefficient (Wildman–Crippen LogP) is 3.30. The average Bonchev–Trinajstić information content (AvgIpc) is 2.60. The SMILES string of the molecule is CN=C(NCCCCn1ccccc1=O)NCc1ccc(Cl)cc1Cl. The minimum atomic E-state index is 0.0350. The van der Waals surface area contributed by atoms with Gasteiger partial charge in [-0.05, 0) is 36.6 Å². The Kier molecular flexibility index (Phi) is 7.82. The van der Waals surface area contributed by atoms with Gasteiger partial charge >= 0.3 is 0 Å². The Morgan fingerprint density at radius 1 is 1.16 bits per heavy atom. The van der Waals surface area contributed by atoms with Crippen LogP contribution in [0.15, 0.2) is 52.4 Å². The lowest BCUT2D eigenvalue weighted by Gasteiger charge is -2.13. The Bertz CT molecular complexity index is 774. The highest BCUT2D eigenvalue weighted by atomic mass is 35.5. The number of hydrogen-bond donors (Lipinski definition) is 2. The number of nitrogens with zero attached hydrogens (tertiary/aromatic N) is 2. The van der Waals surface area contributed by atoms with Gasteiger partial charge in [0.05, 0.1) is 0 Å². The Balaban J connectivity index is 1.70. The molecule has 0 bridgehead atoms. The number of nitrogens with one attached hydrogen (secondary N) is 2. The second kappa shape index (κ2) is 10.1. The van der Waals surface area contributed by atoms with Gasteiger partial charge in [-0.3, -0.25) is 9.79 Å². The third-order valence-electron chi connectivity index (χ3n) is 3.70. The fourth-order valence-corrected chi connectivity index (χ4v) is 2.80. The molecule has 0 amide bonds. The molecule has 2 N–H and O–H groups in total. The number of aliphatic imine (C=N–C) groups is 1. The summed E-state index contributed by atoms with van der Waals surface area (Å²) in [5, 5.41) is 7.72. The maximum absolute atomic E-state index is 11.6. The number of rotatable bonds is 7. The van der Waals surface area contributed by atoms with Crippen molar-refractivity contribution in [2.24, 2.45) is 4.99 Å². The van der Waals surface area contributed by atoms with Crippen molar-refractivity contribution in [3.05, 3.63) is 68.6 Å². The van der Waals surface area contributed by atoms with E-state index in [2.05, 4.69) is 15.6 Å². The highest BCUT2D eigenvalue weighted by molar-refractivity contribution is 6.35. The van der Waals surface area contributed by atoms with Crippen molar-refractivity contribution in [1.82, 2.24) is 15.2 Å². The molecule has 0 atom stereocenters. The number of pyridine rings is 1. The van der Waals surface area contributed by atoms with E-state index in [0.29, 0.717) is 29.1 Å². The zero-order valence-electron chi connectivity index (χ0n) is 14.1. The fraction of sp³-hybridized carbons (Fsp3) is 0.333. The second-order valence-corrected chi connectivity index (χ2v) is 6.37. The van der Waals surface area contributed by atoms with Crippen LogP contribution < -0.4 is 16.2 Å². The summed E-state index contributed by atoms with van der Waals surface area (Å²) in [6, 6.07) is 10.6. The molecule has 25 heavy (non-hydrogen) atoms. The molecular formula is C18H22Cl2N4O. The van der Waals surface area contributed by atoms with Crippen molar-refractivity contribution in [2.45, 2.75) is 25.9 Å². The first-order valence-corrected chi connectivity index (χ1v) is 8.89. The Labute approximate surface area is 157 Å². The maximum atomic E-state index is 11.6. The van der Waals surface area contributed by atoms with Gasteiger partial charge < -0.3 is 15.2 Å². The molecule has 0 radical (unpaired) electrons. The number of aryl methyl sites for hydroxylation is 1. The van der Waals surface area contributed by atoms with Crippen LogP contribution in [0.3, 0.4) is 0 Å². The summed E-state index contributed by atoms with van der Waals surface area (Å²) in [5.41, 5.74) is 0.991. The first kappa shape index (κ1) is 19.3. The van der Waals surface area contributed by atoms with Crippen molar-refractivity contribution in [3.8, 4) is 0 Å². The van der Waals surface area contributed by atoms with Gasteiger partial charge in [-0.1, -0.05) is 35.3 Å². The summed E-state index contributed by atoms with van der Waals surface area (Å²) in [6.45, 7) is 2.05. The van der Waals surface area contributed by atoms with E-state index in [1.807, 2.05) is 24.4 Å². The molecule has 1 heterocycles. The van der Waals surface area contributed by atoms with Crippen LogP contribution in [-0.2, 0) is 13.1 Å². The van der Waals surface area contributed by atoms with Gasteiger partial charge in [0.2, 0.25) is 5.56 Å². The topological polar surface area (TPSA) is 58.4 Å². The van der Waals surface area contributed by atoms with Crippen molar-refractivity contribution >= 4 is 29.2 Å². The molecule has 5 nitrogen and oxygen atoms in total. The molecule has 134 valence electrons. The van der Waals surface area contributed by atoms with Gasteiger partial charge in [-0.15, -0.1) is 0 Å². The van der Waals surface area contributed by atoms with Gasteiger partial charge in [0.25, 0.3) is 0 Å². The molecule has 0 unspecified atom stereocenters. The molecular weight excluding hydrogens is 359 g/mol. The fourth-order valence-electron chi connectivity index (χ4n) is 2.32. The second-order valence-electron chi connectivity index (χ2n) is 5.53. The number of guanidine groups is 1. The van der Waals surface area contributed by atoms with Gasteiger partial charge in [-0.25, -0.2) is 0 Å². The predicted molar refractivity (Wildman–Crippen MR) is 105 cm³/mol. The van der Waals surface area contributed by atoms with Crippen molar-refractivity contribution in [1.29, 1.82) is 0 Å². The van der Waals surface area contributed by atoms with Crippen LogP contribution in [0.4, 0.5) is 0 Å². The van der Waals surface area contributed by atoms with E-state index in [4.69, 9.17) is 23.2 Å². The summed E-state index contributed by atoms with van der Waals surface area (Å²) in [5.74, 6) is 0.711. The van der Waals surface area contributed by atoms with Crippen molar-refractivity contribution in [2.75, 3.05) is 13.6 Å². The Morgan fingerprint density at radius 2 is 2.00 bits per heavy atom. The van der Waals surface area contributed by atoms with Crippen LogP contribution in [0, 0.1) is 0 Å². The molecule has 0 fully saturated rings. The standard InChI is InChI=1S/C18H22Cl2N4O/c1-21-18(23-13-14-7-8-15(19)12-16(14)20)22-9-3-5-11-24-10-4-2-6-17(24)25/h2,4,6-8,10,12H,3,5,9,11,13H2,1H3,(H2,21,22,23). The Hall–Kier alpha value is -1.98. The molecule has 0 aliphatic rings. The lowest BCUT2D eigenvalue weighted by molar-refractivity contribution is 0.585. The highest BCUT2D eigenvalue weighted by Crippen LogP contribution is 2.20. The number of unbranched alkanes of at least 4 members (excludes halogenated alkanes) is 1. The average molecular weight is 381 g/mol. The zero-order chi connectivity index (χ0) is 18.1. The molecule has 7 heteroatoms. The monoisotopic (exact) mass is 380 g/mol. The van der Waals surface area contributed by atoms with Gasteiger partial charge in [0.15, 0.2) is 5.96 Å². The molecule has 0 saturated carbocycles. The lowest BCUT2D eigenvalue weighted by Crippen LogP contribution is -2.37. The first-order valence-electron chi connectivity index (χ1n) is 8.14. The summed E-state index contributed by atoms with van der Waals surface area (Å²) in [6.07, 6.45) is 3.66. The van der Waals surface area contributed by atoms with E-state index in [0.717, 1.165) is 24.9 Å². The molecule has 0 saturated heterocycles. The molecule has 0 aliphatic carbocycles. The number of aromatic nitrogens is 1. The largest absolute Gasteiger partial charge is 0.356 e. The van der Waals surface area contributed by atoms with Gasteiger partial charge in [-0.2, -0.15) is 0 Å². The van der Waals surface area contributed by atoms with Crippen LogP contribution in [0.1, 0.15) is 18.4 Å². The van der Waals surface area contributed by atoms with Gasteiger partial charge in [0.1, 0.15) is 0 Å². The summed E-state index contributed by atoms with van der Waals surface area (Å²) >= 11 is 12.1. The third kappa shape index (κ3) is 6.44. The quantitative estimate of drug-likeness (QED) is 0.440. The molecule has 0 aliphatic heterocycles. The highest BCUT2D eigenvalue weighted by Gasteiger charge is 2.03. The number of halogens is 2. The molecule has 2 rings (SSSR count). The van der Waals surface area contributed by atoms with Crippen LogP contribution in [0.25, 0.3) is 0 Å². The van der Waals surface area contributed by atoms with Crippen molar-refractivity contribution in [3.63, 3.8) is 0 Å². The molecule has 2 aromatic rings. The summed E-state index contributed by atoms with van der Waals surface area (Å²) in [4.78, 5) is 15.8. The minimum Gasteiger partial charge on any atom is -0.356 e. The summed E-state index contributed by atoms with van der Waals surface area (Å²) < 4.78 is 1.72. The van der Waals surface area contributed by atoms with E-state index in [-0.39, 0.29) is 5.56 Å². The number of hydrogen-bond acceptors (Lipinski definition) is 2. The number of benzene rings is 1. The van der Waals surface area contributed by atoms with Gasteiger partial charge in [0, 0.05) is 49.0 Å². The van der Waals surface area contributed by atoms with E-state index in [9.17, 15) is 4.79 Å². The molecule has 1 aromatic carbocycles. The smallest absolute Gasteiger partial charge is 0.250 e. The van der Waals surface area contributed by atoms with Crippen LogP contribution in [0.2, 0.25) is 10.0 Å². The third-order valence-corrected chi connectivity index (χ3v) is 4.29. The van der Waals surface area contributed by atoms with E-state index < -0.39 is 0 Å². The summed E-state index contributed by atoms with van der Waals surface area (Å²) in [7, 11) is 1.72. The Morgan fingerprint density at radius 3 is 2.72 bits per heavy atom. The van der Waals surface area contributed by atoms with Crippen LogP contribution in [-0.4, -0.2) is 24.1 Å². The lowest BCUT2D eigenvalue weighted by atomic mass is 10.2. The van der Waals surface area contributed by atoms with E-state index in [1.54, 1.807) is 29.8 Å². The maximum Gasteiger partial charge on any atom is 0.250 e. The first-order chi connectivity index (χ1) is 12.1. The van der Waals surface area contributed by atoms with Crippen molar-refractivity contribution < 1.29 is 0 Å².